The van der Waals surface area contributed by atoms with Crippen molar-refractivity contribution in [3.63, 3.8) is 0 Å². The Hall–Kier alpha value is -2.00. The Labute approximate surface area is 187 Å². The third kappa shape index (κ3) is 4.51. The third-order valence-electron chi connectivity index (χ3n) is 5.36. The first-order valence-electron chi connectivity index (χ1n) is 9.93. The maximum absolute atomic E-state index is 13.5. The van der Waals surface area contributed by atoms with E-state index < -0.39 is 0 Å². The normalized spacial score (nSPS) is 14.7. The summed E-state index contributed by atoms with van der Waals surface area (Å²) < 4.78 is 8.28. The van der Waals surface area contributed by atoms with Crippen molar-refractivity contribution in [1.82, 2.24) is 19.7 Å². The molecule has 1 saturated heterocycles. The molecule has 3 heterocycles. The van der Waals surface area contributed by atoms with E-state index in [1.54, 1.807) is 20.9 Å². The summed E-state index contributed by atoms with van der Waals surface area (Å²) in [6.45, 7) is 10.7. The first-order chi connectivity index (χ1) is 13.9. The van der Waals surface area contributed by atoms with Gasteiger partial charge in [-0.2, -0.15) is 5.10 Å². The van der Waals surface area contributed by atoms with Gasteiger partial charge in [-0.25, -0.2) is 4.98 Å². The van der Waals surface area contributed by atoms with Crippen molar-refractivity contribution in [2.24, 2.45) is 7.05 Å². The number of halogens is 1. The largest absolute Gasteiger partial charge is 0.379 e. The first kappa shape index (κ1) is 22.7. The molecule has 2 aromatic heterocycles. The van der Waals surface area contributed by atoms with Gasteiger partial charge in [-0.15, -0.1) is 12.4 Å². The monoisotopic (exact) mass is 449 g/mol. The van der Waals surface area contributed by atoms with Gasteiger partial charge in [0.2, 0.25) is 0 Å². The lowest BCUT2D eigenvalue weighted by atomic mass is 10.1. The second-order valence-corrected chi connectivity index (χ2v) is 8.60. The Bertz CT molecular complexity index is 1000. The molecule has 1 aliphatic rings. The summed E-state index contributed by atoms with van der Waals surface area (Å²) in [4.78, 5) is 22.5. The van der Waals surface area contributed by atoms with E-state index in [1.165, 1.54) is 5.56 Å². The molecule has 0 saturated carbocycles. The third-order valence-corrected chi connectivity index (χ3v) is 6.58. The van der Waals surface area contributed by atoms with Crippen molar-refractivity contribution in [2.45, 2.75) is 20.8 Å². The van der Waals surface area contributed by atoms with Gasteiger partial charge < -0.3 is 4.74 Å². The minimum absolute atomic E-state index is 0. The fraction of sp³-hybridized carbons (Fsp3) is 0.476. The zero-order valence-corrected chi connectivity index (χ0v) is 19.5. The number of rotatable bonds is 5. The van der Waals surface area contributed by atoms with Crippen LogP contribution in [-0.4, -0.2) is 65.0 Å². The van der Waals surface area contributed by atoms with E-state index in [2.05, 4.69) is 36.0 Å². The molecule has 1 amide bonds. The quantitative estimate of drug-likeness (QED) is 0.597. The molecule has 0 bridgehead atoms. The smallest absolute Gasteiger partial charge is 0.280 e. The second-order valence-electron chi connectivity index (χ2n) is 7.62. The fourth-order valence-electron chi connectivity index (χ4n) is 3.66. The summed E-state index contributed by atoms with van der Waals surface area (Å²) in [6, 6.07) is 4.20. The van der Waals surface area contributed by atoms with E-state index in [1.807, 2.05) is 20.2 Å². The summed E-state index contributed by atoms with van der Waals surface area (Å²) in [7, 11) is 1.84. The maximum Gasteiger partial charge on any atom is 0.280 e. The molecule has 1 aliphatic heterocycles. The Morgan fingerprint density at radius 1 is 1.17 bits per heavy atom. The van der Waals surface area contributed by atoms with Crippen LogP contribution in [0, 0.1) is 20.8 Å². The second kappa shape index (κ2) is 9.43. The molecule has 7 nitrogen and oxygen atoms in total. The minimum atomic E-state index is -0.0919. The highest BCUT2D eigenvalue weighted by Gasteiger charge is 2.26. The topological polar surface area (TPSA) is 63.5 Å². The molecular weight excluding hydrogens is 422 g/mol. The highest BCUT2D eigenvalue weighted by atomic mass is 35.5. The van der Waals surface area contributed by atoms with E-state index >= 15 is 0 Å². The molecule has 0 radical (unpaired) electrons. The number of hydrogen-bond acceptors (Lipinski definition) is 6. The molecule has 0 atom stereocenters. The number of hydrogen-bond donors (Lipinski definition) is 0. The van der Waals surface area contributed by atoms with Crippen LogP contribution in [0.2, 0.25) is 0 Å². The van der Waals surface area contributed by atoms with Crippen LogP contribution in [0.1, 0.15) is 27.2 Å². The number of carbonyl (C=O) groups is 1. The fourth-order valence-corrected chi connectivity index (χ4v) is 4.80. The van der Waals surface area contributed by atoms with Gasteiger partial charge in [0.05, 0.1) is 23.4 Å². The Morgan fingerprint density at radius 3 is 2.50 bits per heavy atom. The van der Waals surface area contributed by atoms with Gasteiger partial charge in [0.15, 0.2) is 10.8 Å². The van der Waals surface area contributed by atoms with Crippen LogP contribution in [0.5, 0.6) is 0 Å². The highest BCUT2D eigenvalue weighted by molar-refractivity contribution is 7.22. The van der Waals surface area contributed by atoms with Gasteiger partial charge in [-0.1, -0.05) is 23.5 Å². The number of morpholine rings is 1. The molecule has 4 rings (SSSR count). The Kier molecular flexibility index (Phi) is 7.13. The number of benzene rings is 1. The Balaban J connectivity index is 0.00000256. The summed E-state index contributed by atoms with van der Waals surface area (Å²) in [5.41, 5.74) is 4.66. The predicted molar refractivity (Wildman–Crippen MR) is 123 cm³/mol. The van der Waals surface area contributed by atoms with Gasteiger partial charge in [0, 0.05) is 45.0 Å². The molecule has 0 N–H and O–H groups in total. The number of carbonyl (C=O) groups excluding carboxylic acids is 1. The van der Waals surface area contributed by atoms with Gasteiger partial charge in [0.25, 0.3) is 5.91 Å². The molecule has 1 fully saturated rings. The van der Waals surface area contributed by atoms with Crippen molar-refractivity contribution in [1.29, 1.82) is 0 Å². The van der Waals surface area contributed by atoms with Gasteiger partial charge in [0.1, 0.15) is 0 Å². The lowest BCUT2D eigenvalue weighted by Crippen LogP contribution is -2.43. The number of ether oxygens (including phenoxy) is 1. The molecular formula is C21H28ClN5O2S. The number of aryl methyl sites for hydroxylation is 4. The molecule has 0 unspecified atom stereocenters. The number of thiazole rings is 1. The van der Waals surface area contributed by atoms with Crippen LogP contribution < -0.4 is 4.90 Å². The Morgan fingerprint density at radius 2 is 1.87 bits per heavy atom. The molecule has 0 aliphatic carbocycles. The zero-order chi connectivity index (χ0) is 20.5. The van der Waals surface area contributed by atoms with Crippen molar-refractivity contribution >= 4 is 45.0 Å². The van der Waals surface area contributed by atoms with Crippen LogP contribution in [0.3, 0.4) is 0 Å². The number of amides is 1. The minimum Gasteiger partial charge on any atom is -0.379 e. The number of nitrogens with zero attached hydrogens (tertiary/aromatic N) is 5. The van der Waals surface area contributed by atoms with E-state index in [0.29, 0.717) is 12.2 Å². The van der Waals surface area contributed by atoms with Crippen molar-refractivity contribution in [3.8, 4) is 0 Å². The van der Waals surface area contributed by atoms with E-state index in [9.17, 15) is 4.79 Å². The number of aromatic nitrogens is 3. The number of fused-ring (bicyclic) bond motifs is 1. The molecule has 0 spiro atoms. The predicted octanol–water partition coefficient (Wildman–Crippen LogP) is 3.36. The van der Waals surface area contributed by atoms with Crippen molar-refractivity contribution in [2.75, 3.05) is 44.3 Å². The molecule has 9 heteroatoms. The van der Waals surface area contributed by atoms with E-state index in [4.69, 9.17) is 9.72 Å². The summed E-state index contributed by atoms with van der Waals surface area (Å²) in [5.74, 6) is -0.0919. The van der Waals surface area contributed by atoms with Crippen LogP contribution in [0.25, 0.3) is 10.2 Å². The standard InChI is InChI=1S/C21H27N5O2S.ClH/c1-14-5-6-15(2)19-17(14)22-21(29-19)26(8-7-25-9-11-28-12-10-25)20(27)18-16(3)13-24(4)23-18;/h5-6,13H,7-12H2,1-4H3;1H. The molecule has 162 valence electrons. The molecule has 3 aromatic rings. The van der Waals surface area contributed by atoms with Crippen molar-refractivity contribution in [3.05, 3.63) is 40.7 Å². The van der Waals surface area contributed by atoms with Crippen molar-refractivity contribution < 1.29 is 9.53 Å². The molecule has 1 aromatic carbocycles. The van der Waals surface area contributed by atoms with Crippen LogP contribution in [0.4, 0.5) is 5.13 Å². The average molecular weight is 450 g/mol. The summed E-state index contributed by atoms with van der Waals surface area (Å²) in [5, 5.41) is 5.15. The first-order valence-corrected chi connectivity index (χ1v) is 10.7. The van der Waals surface area contributed by atoms with E-state index in [0.717, 1.165) is 59.3 Å². The van der Waals surface area contributed by atoms with Gasteiger partial charge in [-0.05, 0) is 31.9 Å². The maximum atomic E-state index is 13.5. The van der Waals surface area contributed by atoms with Gasteiger partial charge >= 0.3 is 0 Å². The number of anilines is 1. The lowest BCUT2D eigenvalue weighted by Gasteiger charge is -2.29. The summed E-state index contributed by atoms with van der Waals surface area (Å²) >= 11 is 1.58. The van der Waals surface area contributed by atoms with E-state index in [-0.39, 0.29) is 18.3 Å². The van der Waals surface area contributed by atoms with Crippen LogP contribution >= 0.6 is 23.7 Å². The van der Waals surface area contributed by atoms with Gasteiger partial charge in [-0.3, -0.25) is 19.3 Å². The van der Waals surface area contributed by atoms with Crippen LogP contribution in [0.15, 0.2) is 18.3 Å². The highest BCUT2D eigenvalue weighted by Crippen LogP contribution is 2.33. The average Bonchev–Trinajstić information content (AvgIpc) is 3.30. The zero-order valence-electron chi connectivity index (χ0n) is 17.8. The lowest BCUT2D eigenvalue weighted by molar-refractivity contribution is 0.0391. The summed E-state index contributed by atoms with van der Waals surface area (Å²) in [6.07, 6.45) is 1.88. The van der Waals surface area contributed by atoms with Crippen LogP contribution in [-0.2, 0) is 11.8 Å². The molecule has 30 heavy (non-hydrogen) atoms. The SMILES string of the molecule is Cc1cn(C)nc1C(=O)N(CCN1CCOCC1)c1nc2c(C)ccc(C)c2s1.Cl.